The van der Waals surface area contributed by atoms with Crippen molar-refractivity contribution in [3.8, 4) is 6.07 Å². The third kappa shape index (κ3) is 10.6. The van der Waals surface area contributed by atoms with Gasteiger partial charge in [0.1, 0.15) is 25.9 Å². The van der Waals surface area contributed by atoms with Gasteiger partial charge in [-0.15, -0.1) is 0 Å². The molecule has 0 aromatic heterocycles. The van der Waals surface area contributed by atoms with Crippen LogP contribution in [0.15, 0.2) is 65.6 Å². The second kappa shape index (κ2) is 18.3. The molecule has 0 spiro atoms. The predicted octanol–water partition coefficient (Wildman–Crippen LogP) is 8.88. The molecule has 0 amide bonds. The average Bonchev–Trinajstić information content (AvgIpc) is 3.07. The number of hydrogen-bond donors (Lipinski definition) is 0. The van der Waals surface area contributed by atoms with Crippen molar-refractivity contribution in [2.45, 2.75) is 94.1 Å². The van der Waals surface area contributed by atoms with E-state index in [0.29, 0.717) is 51.6 Å². The third-order valence-electron chi connectivity index (χ3n) is 8.41. The number of benzene rings is 1. The summed E-state index contributed by atoms with van der Waals surface area (Å²) in [5, 5.41) is 14.9. The molecule has 0 aliphatic heterocycles. The molecule has 1 aromatic rings. The van der Waals surface area contributed by atoms with Crippen LogP contribution in [-0.2, 0) is 9.84 Å². The lowest BCUT2D eigenvalue weighted by Crippen LogP contribution is -2.48. The molecule has 14 heteroatoms. The van der Waals surface area contributed by atoms with Crippen molar-refractivity contribution in [2.24, 2.45) is 0 Å². The molecule has 2 atom stereocenters. The van der Waals surface area contributed by atoms with Gasteiger partial charge < -0.3 is 5.41 Å². The SMILES string of the molecule is [C-]#[N+]C([N+]#[C-])C(F)(CCCCCC[N+](=C1C=CC(=C)C=C1)c1ccc([N+](=C)CCCCCCC(C)(F)S(=O)(=O)C(=C=[N-])C#N)cc1)C(F)(F)F. The molecular formula is C36H40F5N6O2S+. The van der Waals surface area contributed by atoms with Crippen molar-refractivity contribution in [3.05, 3.63) is 93.9 Å². The van der Waals surface area contributed by atoms with Crippen molar-refractivity contribution in [3.63, 3.8) is 0 Å². The number of rotatable bonds is 19. The average molecular weight is 716 g/mol. The second-order valence-corrected chi connectivity index (χ2v) is 14.3. The first-order chi connectivity index (χ1) is 23.5. The van der Waals surface area contributed by atoms with E-state index in [0.717, 1.165) is 29.6 Å². The fourth-order valence-electron chi connectivity index (χ4n) is 5.30. The minimum Gasteiger partial charge on any atom is -0.762 e. The van der Waals surface area contributed by atoms with Crippen molar-refractivity contribution in [2.75, 3.05) is 13.1 Å². The zero-order valence-corrected chi connectivity index (χ0v) is 28.7. The summed E-state index contributed by atoms with van der Waals surface area (Å²) in [7, 11) is -4.66. The number of nitrogens with zero attached hydrogens (tertiary/aromatic N) is 6. The number of nitriles is 1. The van der Waals surface area contributed by atoms with Crippen molar-refractivity contribution < 1.29 is 39.5 Å². The molecule has 1 aromatic carbocycles. The Bertz CT molecular complexity index is 1750. The number of alkyl halides is 5. The van der Waals surface area contributed by atoms with Gasteiger partial charge in [0.15, 0.2) is 4.91 Å². The van der Waals surface area contributed by atoms with Gasteiger partial charge in [0, 0.05) is 55.7 Å². The summed E-state index contributed by atoms with van der Waals surface area (Å²) in [6.45, 7) is 23.6. The fourth-order valence-corrected chi connectivity index (χ4v) is 6.38. The first-order valence-electron chi connectivity index (χ1n) is 16.0. The molecule has 0 bridgehead atoms. The second-order valence-electron chi connectivity index (χ2n) is 12.1. The smallest absolute Gasteiger partial charge is 0.518 e. The quantitative estimate of drug-likeness (QED) is 0.0358. The lowest BCUT2D eigenvalue weighted by Gasteiger charge is -2.22. The van der Waals surface area contributed by atoms with Gasteiger partial charge in [-0.25, -0.2) is 50.5 Å². The van der Waals surface area contributed by atoms with Crippen molar-refractivity contribution in [1.82, 2.24) is 0 Å². The summed E-state index contributed by atoms with van der Waals surface area (Å²) < 4.78 is 98.0. The Kier molecular flexibility index (Phi) is 15.2. The Morgan fingerprint density at radius 1 is 0.880 bits per heavy atom. The standard InChI is InChI=1S/C36H40F5N6O2S/c1-28-14-16-30(17-15-28)47(25-13-9-7-11-23-35(38,36(39,40)41)33(44-3)45-4)31-20-18-29(19-21-31)46(5)24-12-8-6-10-22-34(2,37)50(48,49)32(26-42)27-43/h14-21,33H,1,5-13,22-25H2,2H3/q+1. The summed E-state index contributed by atoms with van der Waals surface area (Å²) in [6.07, 6.45) is 1.89. The van der Waals surface area contributed by atoms with Gasteiger partial charge in [0.25, 0.3) is 0 Å². The summed E-state index contributed by atoms with van der Waals surface area (Å²) in [5.74, 6) is 1.24. The molecule has 1 aliphatic rings. The number of allylic oxidation sites excluding steroid dienone is 6. The van der Waals surface area contributed by atoms with Gasteiger partial charge in [0.05, 0.1) is 0 Å². The maximum atomic E-state index is 14.8. The van der Waals surface area contributed by atoms with Gasteiger partial charge in [-0.1, -0.05) is 19.4 Å². The van der Waals surface area contributed by atoms with Crippen LogP contribution in [0.4, 0.5) is 33.3 Å². The lowest BCUT2D eigenvalue weighted by molar-refractivity contribution is -0.441. The molecular weight excluding hydrogens is 675 g/mol. The predicted molar refractivity (Wildman–Crippen MR) is 185 cm³/mol. The van der Waals surface area contributed by atoms with Gasteiger partial charge >= 0.3 is 18.0 Å². The van der Waals surface area contributed by atoms with Crippen LogP contribution in [-0.4, -0.2) is 72.0 Å². The van der Waals surface area contributed by atoms with Crippen LogP contribution in [0, 0.1) is 24.5 Å². The molecule has 2 rings (SSSR count). The maximum absolute atomic E-state index is 14.8. The molecule has 0 N–H and O–H groups in total. The molecule has 0 fully saturated rings. The zero-order valence-electron chi connectivity index (χ0n) is 27.9. The molecule has 0 radical (unpaired) electrons. The van der Waals surface area contributed by atoms with E-state index in [1.807, 2.05) is 53.1 Å². The molecule has 266 valence electrons. The van der Waals surface area contributed by atoms with E-state index in [2.05, 4.69) is 23.0 Å². The summed E-state index contributed by atoms with van der Waals surface area (Å²) in [6, 6.07) is 8.86. The highest BCUT2D eigenvalue weighted by atomic mass is 32.2. The van der Waals surface area contributed by atoms with E-state index in [1.165, 1.54) is 11.9 Å². The van der Waals surface area contributed by atoms with E-state index >= 15 is 0 Å². The summed E-state index contributed by atoms with van der Waals surface area (Å²) in [4.78, 5) is 3.98. The van der Waals surface area contributed by atoms with Crippen LogP contribution in [0.1, 0.15) is 71.1 Å². The Balaban J connectivity index is 1.97. The zero-order chi connectivity index (χ0) is 37.6. The van der Waals surface area contributed by atoms with E-state index in [9.17, 15) is 30.4 Å². The highest BCUT2D eigenvalue weighted by molar-refractivity contribution is 7.97. The molecule has 0 heterocycles. The largest absolute Gasteiger partial charge is 0.762 e. The van der Waals surface area contributed by atoms with E-state index < -0.39 is 44.2 Å². The number of halogens is 5. The Labute approximate surface area is 291 Å². The Morgan fingerprint density at radius 2 is 1.38 bits per heavy atom. The minimum atomic E-state index is -5.31. The van der Waals surface area contributed by atoms with Gasteiger partial charge in [-0.2, -0.15) is 23.0 Å². The summed E-state index contributed by atoms with van der Waals surface area (Å²) in [5.41, 5.74) is -0.486. The number of unbranched alkanes of at least 4 members (excludes halogenated alkanes) is 6. The van der Waals surface area contributed by atoms with Gasteiger partial charge in [0.2, 0.25) is 31.9 Å². The lowest BCUT2D eigenvalue weighted by atomic mass is 9.94. The topological polar surface area (TPSA) is 95.0 Å². The van der Waals surface area contributed by atoms with Crippen LogP contribution in [0.2, 0.25) is 0 Å². The summed E-state index contributed by atoms with van der Waals surface area (Å²) >= 11 is 0. The van der Waals surface area contributed by atoms with E-state index in [4.69, 9.17) is 23.8 Å². The van der Waals surface area contributed by atoms with Crippen LogP contribution in [0.25, 0.3) is 15.1 Å². The molecule has 2 unspecified atom stereocenters. The fraction of sp³-hybridized carbons (Fsp3) is 0.472. The molecule has 1 aliphatic carbocycles. The normalized spacial score (nSPS) is 15.3. The highest BCUT2D eigenvalue weighted by Crippen LogP contribution is 2.42. The van der Waals surface area contributed by atoms with Gasteiger partial charge in [-0.3, -0.25) is 0 Å². The van der Waals surface area contributed by atoms with E-state index in [1.54, 1.807) is 4.58 Å². The number of sulfone groups is 1. The maximum Gasteiger partial charge on any atom is 0.518 e. The van der Waals surface area contributed by atoms with Crippen molar-refractivity contribution in [1.29, 1.82) is 5.26 Å². The van der Waals surface area contributed by atoms with Crippen LogP contribution in [0.3, 0.4) is 0 Å². The first-order valence-corrected chi connectivity index (χ1v) is 17.4. The minimum absolute atomic E-state index is 0.122. The van der Waals surface area contributed by atoms with Crippen LogP contribution in [0.5, 0.6) is 0 Å². The Morgan fingerprint density at radius 3 is 1.88 bits per heavy atom. The third-order valence-corrected chi connectivity index (χ3v) is 10.5. The van der Waals surface area contributed by atoms with Crippen LogP contribution < -0.4 is 0 Å². The Hall–Kier alpha value is -4.70. The highest BCUT2D eigenvalue weighted by Gasteiger charge is 2.69. The first kappa shape index (κ1) is 41.5. The van der Waals surface area contributed by atoms with Gasteiger partial charge in [-0.05, 0) is 56.8 Å². The molecule has 0 saturated carbocycles. The van der Waals surface area contributed by atoms with E-state index in [-0.39, 0.29) is 19.3 Å². The monoisotopic (exact) mass is 715 g/mol. The molecule has 0 saturated heterocycles. The number of hydrogen-bond acceptors (Lipinski definition) is 3. The van der Waals surface area contributed by atoms with Crippen LogP contribution >= 0.6 is 0 Å². The molecule has 50 heavy (non-hydrogen) atoms. The van der Waals surface area contributed by atoms with Crippen molar-refractivity contribution >= 4 is 39.5 Å². The molecule has 8 nitrogen and oxygen atoms in total.